The molecular formula is C21H32N4O. The van der Waals surface area contributed by atoms with Gasteiger partial charge in [-0.2, -0.15) is 0 Å². The van der Waals surface area contributed by atoms with Crippen LogP contribution in [0, 0.1) is 6.92 Å². The smallest absolute Gasteiger partial charge is 0.191 e. The van der Waals surface area contributed by atoms with E-state index in [2.05, 4.69) is 71.8 Å². The van der Waals surface area contributed by atoms with Gasteiger partial charge in [-0.15, -0.1) is 0 Å². The molecule has 1 heterocycles. The monoisotopic (exact) mass is 356 g/mol. The van der Waals surface area contributed by atoms with Gasteiger partial charge in [-0.25, -0.2) is 0 Å². The first-order chi connectivity index (χ1) is 12.5. The van der Waals surface area contributed by atoms with Gasteiger partial charge >= 0.3 is 0 Å². The van der Waals surface area contributed by atoms with Crippen LogP contribution < -0.4 is 10.6 Å². The van der Waals surface area contributed by atoms with E-state index in [1.54, 1.807) is 7.05 Å². The van der Waals surface area contributed by atoms with Gasteiger partial charge in [-0.3, -0.25) is 9.89 Å². The van der Waals surface area contributed by atoms with Crippen LogP contribution in [0.25, 0.3) is 0 Å². The van der Waals surface area contributed by atoms with Gasteiger partial charge in [-0.05, 0) is 51.9 Å². The number of furan rings is 1. The third kappa shape index (κ3) is 6.23. The Morgan fingerprint density at radius 2 is 1.88 bits per heavy atom. The first-order valence-electron chi connectivity index (χ1n) is 9.27. The van der Waals surface area contributed by atoms with Crippen molar-refractivity contribution in [3.8, 4) is 0 Å². The van der Waals surface area contributed by atoms with Crippen LogP contribution in [0.5, 0.6) is 0 Å². The lowest BCUT2D eigenvalue weighted by atomic mass is 10.1. The van der Waals surface area contributed by atoms with Gasteiger partial charge in [0.05, 0.1) is 6.04 Å². The van der Waals surface area contributed by atoms with Crippen LogP contribution in [0.3, 0.4) is 0 Å². The summed E-state index contributed by atoms with van der Waals surface area (Å²) in [5.41, 5.74) is 1.34. The Morgan fingerprint density at radius 1 is 1.15 bits per heavy atom. The molecule has 0 fully saturated rings. The van der Waals surface area contributed by atoms with Crippen molar-refractivity contribution >= 4 is 5.96 Å². The van der Waals surface area contributed by atoms with Gasteiger partial charge in [0.1, 0.15) is 11.5 Å². The normalized spacial score (nSPS) is 14.3. The van der Waals surface area contributed by atoms with E-state index in [9.17, 15) is 0 Å². The molecule has 1 aromatic carbocycles. The Bertz CT molecular complexity index is 680. The predicted molar refractivity (Wildman–Crippen MR) is 108 cm³/mol. The number of aliphatic imine (C=N–C) groups is 1. The van der Waals surface area contributed by atoms with Crippen molar-refractivity contribution < 1.29 is 4.42 Å². The number of rotatable bonds is 8. The van der Waals surface area contributed by atoms with Crippen LogP contribution in [0.15, 0.2) is 51.9 Å². The minimum absolute atomic E-state index is 0.0769. The van der Waals surface area contributed by atoms with E-state index in [0.717, 1.165) is 37.0 Å². The zero-order valence-electron chi connectivity index (χ0n) is 16.6. The molecule has 0 amide bonds. The number of nitrogens with zero attached hydrogens (tertiary/aromatic N) is 2. The van der Waals surface area contributed by atoms with Gasteiger partial charge in [0.15, 0.2) is 5.96 Å². The second kappa shape index (κ2) is 10.0. The summed E-state index contributed by atoms with van der Waals surface area (Å²) in [6.07, 6.45) is 1.04. The summed E-state index contributed by atoms with van der Waals surface area (Å²) >= 11 is 0. The molecule has 26 heavy (non-hydrogen) atoms. The molecule has 2 rings (SSSR count). The molecule has 0 aliphatic rings. The van der Waals surface area contributed by atoms with E-state index in [0.29, 0.717) is 6.04 Å². The van der Waals surface area contributed by atoms with Crippen LogP contribution in [0.1, 0.15) is 43.4 Å². The zero-order valence-corrected chi connectivity index (χ0v) is 16.6. The quantitative estimate of drug-likeness (QED) is 0.559. The Kier molecular flexibility index (Phi) is 7.73. The lowest BCUT2D eigenvalue weighted by Crippen LogP contribution is -2.41. The van der Waals surface area contributed by atoms with Crippen LogP contribution in [-0.4, -0.2) is 37.5 Å². The van der Waals surface area contributed by atoms with Crippen LogP contribution >= 0.6 is 0 Å². The predicted octanol–water partition coefficient (Wildman–Crippen LogP) is 3.72. The Morgan fingerprint density at radius 3 is 2.50 bits per heavy atom. The minimum atomic E-state index is 0.0769. The molecule has 2 atom stereocenters. The van der Waals surface area contributed by atoms with Crippen molar-refractivity contribution in [1.29, 1.82) is 0 Å². The lowest BCUT2D eigenvalue weighted by Gasteiger charge is -2.25. The van der Waals surface area contributed by atoms with E-state index in [1.807, 2.05) is 19.1 Å². The molecule has 5 heteroatoms. The average molecular weight is 357 g/mol. The summed E-state index contributed by atoms with van der Waals surface area (Å²) in [6.45, 7) is 8.11. The van der Waals surface area contributed by atoms with Crippen molar-refractivity contribution in [3.05, 3.63) is 59.5 Å². The lowest BCUT2D eigenvalue weighted by molar-refractivity contribution is 0.238. The average Bonchev–Trinajstić information content (AvgIpc) is 3.08. The second-order valence-electron chi connectivity index (χ2n) is 6.85. The fraction of sp³-hybridized carbons (Fsp3) is 0.476. The Balaban J connectivity index is 1.74. The summed E-state index contributed by atoms with van der Waals surface area (Å²) in [5, 5.41) is 6.77. The first kappa shape index (κ1) is 20.0. The summed E-state index contributed by atoms with van der Waals surface area (Å²) in [5.74, 6) is 2.64. The molecule has 1 aromatic heterocycles. The summed E-state index contributed by atoms with van der Waals surface area (Å²) in [4.78, 5) is 6.69. The van der Waals surface area contributed by atoms with Crippen molar-refractivity contribution in [2.75, 3.05) is 20.6 Å². The van der Waals surface area contributed by atoms with E-state index < -0.39 is 0 Å². The van der Waals surface area contributed by atoms with E-state index in [4.69, 9.17) is 4.42 Å². The highest BCUT2D eigenvalue weighted by Crippen LogP contribution is 2.15. The summed E-state index contributed by atoms with van der Waals surface area (Å²) in [7, 11) is 3.96. The second-order valence-corrected chi connectivity index (χ2v) is 6.85. The molecular weight excluding hydrogens is 324 g/mol. The van der Waals surface area contributed by atoms with Gasteiger partial charge in [0.25, 0.3) is 0 Å². The van der Waals surface area contributed by atoms with Gasteiger partial charge in [0, 0.05) is 26.2 Å². The molecule has 2 unspecified atom stereocenters. The molecule has 0 bridgehead atoms. The Hall–Kier alpha value is -2.27. The maximum absolute atomic E-state index is 5.67. The van der Waals surface area contributed by atoms with Gasteiger partial charge in [-0.1, -0.05) is 30.3 Å². The molecule has 0 aliphatic heterocycles. The molecule has 0 saturated heterocycles. The highest BCUT2D eigenvalue weighted by molar-refractivity contribution is 5.79. The van der Waals surface area contributed by atoms with Crippen LogP contribution in [0.2, 0.25) is 0 Å². The maximum atomic E-state index is 5.67. The van der Waals surface area contributed by atoms with Crippen molar-refractivity contribution in [2.24, 2.45) is 4.99 Å². The van der Waals surface area contributed by atoms with E-state index in [-0.39, 0.29) is 6.04 Å². The van der Waals surface area contributed by atoms with Crippen LogP contribution in [0.4, 0.5) is 0 Å². The Labute approximate surface area is 157 Å². The van der Waals surface area contributed by atoms with Crippen molar-refractivity contribution in [3.63, 3.8) is 0 Å². The van der Waals surface area contributed by atoms with Crippen LogP contribution in [-0.2, 0) is 6.54 Å². The molecule has 2 N–H and O–H groups in total. The molecule has 0 saturated carbocycles. The largest absolute Gasteiger partial charge is 0.464 e. The number of aryl methyl sites for hydroxylation is 1. The van der Waals surface area contributed by atoms with Gasteiger partial charge < -0.3 is 15.1 Å². The highest BCUT2D eigenvalue weighted by Gasteiger charge is 2.13. The third-order valence-corrected chi connectivity index (χ3v) is 4.65. The fourth-order valence-corrected chi connectivity index (χ4v) is 2.80. The highest BCUT2D eigenvalue weighted by atomic mass is 16.3. The number of benzene rings is 1. The van der Waals surface area contributed by atoms with Gasteiger partial charge in [0.2, 0.25) is 0 Å². The standard InChI is InChI=1S/C21H32N4O/c1-16(25(5)15-19-9-7-6-8-10-19)13-14-23-21(22-4)24-18(3)20-12-11-17(2)26-20/h6-12,16,18H,13-15H2,1-5H3,(H2,22,23,24). The molecule has 0 radical (unpaired) electrons. The molecule has 142 valence electrons. The minimum Gasteiger partial charge on any atom is -0.464 e. The molecule has 0 aliphatic carbocycles. The van der Waals surface area contributed by atoms with E-state index in [1.165, 1.54) is 5.56 Å². The number of nitrogens with one attached hydrogen (secondary N) is 2. The first-order valence-corrected chi connectivity index (χ1v) is 9.27. The fourth-order valence-electron chi connectivity index (χ4n) is 2.80. The van der Waals surface area contributed by atoms with Crippen molar-refractivity contribution in [2.45, 2.75) is 45.8 Å². The molecule has 5 nitrogen and oxygen atoms in total. The molecule has 2 aromatic rings. The van der Waals surface area contributed by atoms with E-state index >= 15 is 0 Å². The topological polar surface area (TPSA) is 52.8 Å². The zero-order chi connectivity index (χ0) is 18.9. The number of hydrogen-bond donors (Lipinski definition) is 2. The van der Waals surface area contributed by atoms with Crippen molar-refractivity contribution in [1.82, 2.24) is 15.5 Å². The molecule has 0 spiro atoms. The summed E-state index contributed by atoms with van der Waals surface area (Å²) < 4.78 is 5.67. The third-order valence-electron chi connectivity index (χ3n) is 4.65. The SMILES string of the molecule is CN=C(NCCC(C)N(C)Cc1ccccc1)NC(C)c1ccc(C)o1. The summed E-state index contributed by atoms with van der Waals surface area (Å²) in [6, 6.07) is 15.1. The number of guanidine groups is 1. The number of hydrogen-bond acceptors (Lipinski definition) is 3. The maximum Gasteiger partial charge on any atom is 0.191 e.